The molecule has 0 radical (unpaired) electrons. The van der Waals surface area contributed by atoms with E-state index in [1.165, 1.54) is 32.4 Å². The van der Waals surface area contributed by atoms with Gasteiger partial charge in [-0.2, -0.15) is 5.10 Å². The number of hydrogen-bond acceptors (Lipinski definition) is 4. The second-order valence-corrected chi connectivity index (χ2v) is 5.26. The highest BCUT2D eigenvalue weighted by atomic mass is 15.3. The van der Waals surface area contributed by atoms with Crippen LogP contribution in [0.2, 0.25) is 0 Å². The summed E-state index contributed by atoms with van der Waals surface area (Å²) in [6.07, 6.45) is 3.87. The van der Waals surface area contributed by atoms with Crippen molar-refractivity contribution in [2.24, 2.45) is 7.05 Å². The van der Waals surface area contributed by atoms with Crippen LogP contribution in [0, 0.1) is 6.92 Å². The van der Waals surface area contributed by atoms with Gasteiger partial charge in [-0.3, -0.25) is 9.58 Å². The van der Waals surface area contributed by atoms with Crippen LogP contribution in [0.1, 0.15) is 25.0 Å². The number of aromatic nitrogens is 2. The molecule has 0 bridgehead atoms. The number of hydrogen-bond donors (Lipinski definition) is 2. The van der Waals surface area contributed by atoms with Crippen molar-refractivity contribution in [2.45, 2.75) is 38.3 Å². The van der Waals surface area contributed by atoms with Crippen LogP contribution in [0.4, 0.5) is 11.5 Å². The first-order valence-corrected chi connectivity index (χ1v) is 6.46. The zero-order chi connectivity index (χ0) is 12.0. The highest BCUT2D eigenvalue weighted by Gasteiger charge is 2.37. The maximum absolute atomic E-state index is 6.06. The lowest BCUT2D eigenvalue weighted by Gasteiger charge is -2.22. The Morgan fingerprint density at radius 3 is 2.88 bits per heavy atom. The molecule has 5 nitrogen and oxygen atoms in total. The van der Waals surface area contributed by atoms with Crippen LogP contribution in [-0.4, -0.2) is 39.9 Å². The van der Waals surface area contributed by atoms with E-state index < -0.39 is 0 Å². The summed E-state index contributed by atoms with van der Waals surface area (Å²) in [5, 5.41) is 7.96. The van der Waals surface area contributed by atoms with Crippen molar-refractivity contribution < 1.29 is 0 Å². The molecule has 2 unspecified atom stereocenters. The third kappa shape index (κ3) is 1.69. The van der Waals surface area contributed by atoms with E-state index in [4.69, 9.17) is 5.73 Å². The minimum absolute atomic E-state index is 0.537. The highest BCUT2D eigenvalue weighted by molar-refractivity contribution is 5.65. The van der Waals surface area contributed by atoms with Crippen LogP contribution in [-0.2, 0) is 7.05 Å². The van der Waals surface area contributed by atoms with Crippen molar-refractivity contribution in [3.05, 3.63) is 5.69 Å². The van der Waals surface area contributed by atoms with Crippen molar-refractivity contribution in [1.29, 1.82) is 0 Å². The van der Waals surface area contributed by atoms with Gasteiger partial charge in [-0.1, -0.05) is 0 Å². The fourth-order valence-corrected chi connectivity index (χ4v) is 3.27. The van der Waals surface area contributed by atoms with Crippen molar-refractivity contribution in [2.75, 3.05) is 24.1 Å². The molecule has 0 aliphatic carbocycles. The van der Waals surface area contributed by atoms with Gasteiger partial charge < -0.3 is 11.1 Å². The first-order valence-electron chi connectivity index (χ1n) is 6.46. The van der Waals surface area contributed by atoms with Crippen LogP contribution >= 0.6 is 0 Å². The number of nitrogens with one attached hydrogen (secondary N) is 1. The maximum Gasteiger partial charge on any atom is 0.148 e. The zero-order valence-electron chi connectivity index (χ0n) is 10.6. The molecule has 5 heteroatoms. The summed E-state index contributed by atoms with van der Waals surface area (Å²) in [5.41, 5.74) is 7.77. The summed E-state index contributed by atoms with van der Waals surface area (Å²) in [6, 6.07) is 1.24. The fraction of sp³-hybridized carbons (Fsp3) is 0.750. The Morgan fingerprint density at radius 2 is 2.18 bits per heavy atom. The molecule has 2 aliphatic rings. The lowest BCUT2D eigenvalue weighted by atomic mass is 10.1. The lowest BCUT2D eigenvalue weighted by Crippen LogP contribution is -2.34. The SMILES string of the molecule is Cc1nn(C)c(NC2CCN3CCCC23)c1N. The van der Waals surface area contributed by atoms with Crippen LogP contribution in [0.25, 0.3) is 0 Å². The fourth-order valence-electron chi connectivity index (χ4n) is 3.27. The average molecular weight is 235 g/mol. The minimum Gasteiger partial charge on any atom is -0.394 e. The Balaban J connectivity index is 1.78. The maximum atomic E-state index is 6.06. The van der Waals surface area contributed by atoms with Crippen LogP contribution in [0.5, 0.6) is 0 Å². The van der Waals surface area contributed by atoms with Gasteiger partial charge in [0.2, 0.25) is 0 Å². The van der Waals surface area contributed by atoms with E-state index in [0.717, 1.165) is 17.2 Å². The van der Waals surface area contributed by atoms with Gasteiger partial charge in [-0.25, -0.2) is 0 Å². The molecule has 2 atom stereocenters. The van der Waals surface area contributed by atoms with Gasteiger partial charge in [-0.15, -0.1) is 0 Å². The van der Waals surface area contributed by atoms with E-state index in [1.54, 1.807) is 0 Å². The molecular weight excluding hydrogens is 214 g/mol. The number of aryl methyl sites for hydroxylation is 2. The number of anilines is 2. The van der Waals surface area contributed by atoms with Crippen LogP contribution in [0.3, 0.4) is 0 Å². The Labute approximate surface area is 102 Å². The molecule has 0 saturated carbocycles. The van der Waals surface area contributed by atoms with Crippen LogP contribution < -0.4 is 11.1 Å². The summed E-state index contributed by atoms with van der Waals surface area (Å²) in [5.74, 6) is 0.987. The van der Waals surface area contributed by atoms with Crippen molar-refractivity contribution in [3.8, 4) is 0 Å². The standard InChI is InChI=1S/C12H21N5/c1-8-11(13)12(16(2)15-8)14-9-5-7-17-6-3-4-10(9)17/h9-10,14H,3-7,13H2,1-2H3. The van der Waals surface area contributed by atoms with E-state index >= 15 is 0 Å². The van der Waals surface area contributed by atoms with Crippen molar-refractivity contribution in [1.82, 2.24) is 14.7 Å². The molecule has 17 heavy (non-hydrogen) atoms. The molecule has 2 aliphatic heterocycles. The molecule has 1 aromatic heterocycles. The number of nitrogens with two attached hydrogens (primary N) is 1. The molecule has 94 valence electrons. The van der Waals surface area contributed by atoms with E-state index in [9.17, 15) is 0 Å². The molecule has 0 aromatic carbocycles. The number of nitrogen functional groups attached to an aromatic ring is 1. The quantitative estimate of drug-likeness (QED) is 0.801. The van der Waals surface area contributed by atoms with E-state index in [0.29, 0.717) is 12.1 Å². The minimum atomic E-state index is 0.537. The Morgan fingerprint density at radius 1 is 1.35 bits per heavy atom. The van der Waals surface area contributed by atoms with E-state index in [-0.39, 0.29) is 0 Å². The molecule has 1 aromatic rings. The predicted octanol–water partition coefficient (Wildman–Crippen LogP) is 0.959. The van der Waals surface area contributed by atoms with Gasteiger partial charge in [0.1, 0.15) is 5.82 Å². The van der Waals surface area contributed by atoms with Crippen LogP contribution in [0.15, 0.2) is 0 Å². The summed E-state index contributed by atoms with van der Waals surface area (Å²) < 4.78 is 1.86. The van der Waals surface area contributed by atoms with Gasteiger partial charge in [0.15, 0.2) is 0 Å². The third-order valence-corrected chi connectivity index (χ3v) is 4.20. The van der Waals surface area contributed by atoms with E-state index in [1.807, 2.05) is 18.7 Å². The molecule has 3 rings (SSSR count). The summed E-state index contributed by atoms with van der Waals surface area (Å²) in [7, 11) is 1.95. The average Bonchev–Trinajstić information content (AvgIpc) is 2.92. The predicted molar refractivity (Wildman–Crippen MR) is 69.0 cm³/mol. The highest BCUT2D eigenvalue weighted by Crippen LogP contribution is 2.31. The smallest absolute Gasteiger partial charge is 0.148 e. The van der Waals surface area contributed by atoms with Gasteiger partial charge in [0.25, 0.3) is 0 Å². The Bertz CT molecular complexity index is 425. The topological polar surface area (TPSA) is 59.1 Å². The first kappa shape index (κ1) is 10.9. The Kier molecular flexibility index (Phi) is 2.50. The molecule has 3 N–H and O–H groups in total. The summed E-state index contributed by atoms with van der Waals surface area (Å²) in [4.78, 5) is 2.59. The molecule has 2 fully saturated rings. The van der Waals surface area contributed by atoms with Gasteiger partial charge in [0, 0.05) is 25.7 Å². The molecule has 3 heterocycles. The summed E-state index contributed by atoms with van der Waals surface area (Å²) in [6.45, 7) is 4.44. The van der Waals surface area contributed by atoms with Crippen molar-refractivity contribution >= 4 is 11.5 Å². The molecule has 2 saturated heterocycles. The van der Waals surface area contributed by atoms with Gasteiger partial charge >= 0.3 is 0 Å². The molecule has 0 amide bonds. The van der Waals surface area contributed by atoms with Crippen molar-refractivity contribution in [3.63, 3.8) is 0 Å². The lowest BCUT2D eigenvalue weighted by molar-refractivity contribution is 0.318. The molecular formula is C12H21N5. The van der Waals surface area contributed by atoms with E-state index in [2.05, 4.69) is 15.3 Å². The second kappa shape index (κ2) is 3.91. The normalized spacial score (nSPS) is 28.6. The third-order valence-electron chi connectivity index (χ3n) is 4.20. The Hall–Kier alpha value is -1.23. The number of nitrogens with zero attached hydrogens (tertiary/aromatic N) is 3. The van der Waals surface area contributed by atoms with Gasteiger partial charge in [-0.05, 0) is 32.7 Å². The zero-order valence-corrected chi connectivity index (χ0v) is 10.6. The first-order chi connectivity index (χ1) is 8.16. The second-order valence-electron chi connectivity index (χ2n) is 5.26. The molecule has 0 spiro atoms. The monoisotopic (exact) mass is 235 g/mol. The summed E-state index contributed by atoms with van der Waals surface area (Å²) >= 11 is 0. The largest absolute Gasteiger partial charge is 0.394 e. The number of fused-ring (bicyclic) bond motifs is 1. The van der Waals surface area contributed by atoms with Gasteiger partial charge in [0.05, 0.1) is 11.4 Å². The number of rotatable bonds is 2.